The lowest BCUT2D eigenvalue weighted by molar-refractivity contribution is 0.0735. The molecule has 1 amide bonds. The molecule has 2 saturated heterocycles. The van der Waals surface area contributed by atoms with Gasteiger partial charge in [-0.25, -0.2) is 18.4 Å². The molecule has 0 bridgehead atoms. The molecule has 2 aliphatic rings. The Morgan fingerprint density at radius 3 is 2.67 bits per heavy atom. The van der Waals surface area contributed by atoms with Gasteiger partial charge in [0.2, 0.25) is 15.9 Å². The maximum absolute atomic E-state index is 13.9. The van der Waals surface area contributed by atoms with E-state index in [0.29, 0.717) is 31.0 Å². The SMILES string of the molecule is Cc1csc(C2CCCN2C(=O)c2cc(-c3nnc(C(C)Cc4ccccc4)o3)nc(N3CCCS3(=O)=O)c2)n1. The van der Waals surface area contributed by atoms with Crippen LogP contribution in [-0.2, 0) is 16.4 Å². The van der Waals surface area contributed by atoms with Gasteiger partial charge in [-0.2, -0.15) is 0 Å². The molecule has 12 heteroatoms. The van der Waals surface area contributed by atoms with Gasteiger partial charge in [0.1, 0.15) is 16.5 Å². The van der Waals surface area contributed by atoms with E-state index in [1.54, 1.807) is 23.5 Å². The fourth-order valence-electron chi connectivity index (χ4n) is 5.32. The van der Waals surface area contributed by atoms with E-state index in [2.05, 4.69) is 20.2 Å². The van der Waals surface area contributed by atoms with E-state index in [1.807, 2.05) is 54.5 Å². The summed E-state index contributed by atoms with van der Waals surface area (Å²) in [7, 11) is -3.52. The smallest absolute Gasteiger partial charge is 0.266 e. The summed E-state index contributed by atoms with van der Waals surface area (Å²) in [5.41, 5.74) is 2.69. The van der Waals surface area contributed by atoms with Crippen molar-refractivity contribution < 1.29 is 17.6 Å². The van der Waals surface area contributed by atoms with E-state index >= 15 is 0 Å². The molecule has 2 atom stereocenters. The van der Waals surface area contributed by atoms with Crippen molar-refractivity contribution in [1.29, 1.82) is 0 Å². The molecule has 0 aliphatic carbocycles. The zero-order chi connectivity index (χ0) is 27.9. The molecule has 0 radical (unpaired) electrons. The fourth-order valence-corrected chi connectivity index (χ4v) is 7.77. The Bertz CT molecular complexity index is 1640. The first-order valence-corrected chi connectivity index (χ1v) is 15.9. The number of rotatable bonds is 7. The highest BCUT2D eigenvalue weighted by Crippen LogP contribution is 2.36. The highest BCUT2D eigenvalue weighted by atomic mass is 32.2. The van der Waals surface area contributed by atoms with Crippen LogP contribution in [0.15, 0.2) is 52.3 Å². The third-order valence-corrected chi connectivity index (χ3v) is 10.2. The van der Waals surface area contributed by atoms with Gasteiger partial charge in [0.15, 0.2) is 0 Å². The number of thiazole rings is 1. The summed E-state index contributed by atoms with van der Waals surface area (Å²) in [4.78, 5) is 24.9. The number of likely N-dealkylation sites (tertiary alicyclic amines) is 1. The zero-order valence-corrected chi connectivity index (χ0v) is 24.0. The number of aromatic nitrogens is 4. The minimum Gasteiger partial charge on any atom is -0.419 e. The molecule has 10 nitrogen and oxygen atoms in total. The Morgan fingerprint density at radius 2 is 1.95 bits per heavy atom. The van der Waals surface area contributed by atoms with E-state index in [1.165, 1.54) is 4.31 Å². The van der Waals surface area contributed by atoms with Crippen LogP contribution < -0.4 is 4.31 Å². The molecule has 2 unspecified atom stereocenters. The molecule has 40 heavy (non-hydrogen) atoms. The van der Waals surface area contributed by atoms with Crippen LogP contribution in [0.3, 0.4) is 0 Å². The van der Waals surface area contributed by atoms with Crippen molar-refractivity contribution in [2.75, 3.05) is 23.1 Å². The molecule has 5 heterocycles. The Labute approximate surface area is 237 Å². The van der Waals surface area contributed by atoms with Gasteiger partial charge in [-0.1, -0.05) is 37.3 Å². The van der Waals surface area contributed by atoms with Crippen molar-refractivity contribution in [3.05, 3.63) is 75.6 Å². The van der Waals surface area contributed by atoms with Gasteiger partial charge in [-0.3, -0.25) is 9.10 Å². The summed E-state index contributed by atoms with van der Waals surface area (Å²) >= 11 is 1.55. The van der Waals surface area contributed by atoms with Gasteiger partial charge in [-0.15, -0.1) is 21.5 Å². The van der Waals surface area contributed by atoms with Crippen molar-refractivity contribution in [2.24, 2.45) is 0 Å². The first-order chi connectivity index (χ1) is 19.3. The second kappa shape index (κ2) is 10.7. The molecule has 3 aromatic heterocycles. The van der Waals surface area contributed by atoms with Gasteiger partial charge in [0.25, 0.3) is 11.8 Å². The van der Waals surface area contributed by atoms with Crippen LogP contribution in [0.4, 0.5) is 5.82 Å². The average Bonchev–Trinajstić information content (AvgIpc) is 3.75. The van der Waals surface area contributed by atoms with Gasteiger partial charge in [-0.05, 0) is 50.3 Å². The molecule has 0 saturated carbocycles. The predicted octanol–water partition coefficient (Wildman–Crippen LogP) is 4.76. The van der Waals surface area contributed by atoms with Crippen LogP contribution in [0, 0.1) is 6.92 Å². The Hall–Kier alpha value is -3.64. The number of aryl methyl sites for hydroxylation is 1. The molecule has 0 spiro atoms. The summed E-state index contributed by atoms with van der Waals surface area (Å²) in [6.45, 7) is 4.85. The van der Waals surface area contributed by atoms with Crippen LogP contribution in [0.1, 0.15) is 70.7 Å². The Kier molecular flexibility index (Phi) is 7.13. The van der Waals surface area contributed by atoms with E-state index < -0.39 is 10.0 Å². The number of pyridine rings is 1. The van der Waals surface area contributed by atoms with E-state index in [0.717, 1.165) is 35.5 Å². The maximum Gasteiger partial charge on any atom is 0.266 e. The van der Waals surface area contributed by atoms with Gasteiger partial charge >= 0.3 is 0 Å². The number of hydrogen-bond acceptors (Lipinski definition) is 9. The number of hydrogen-bond donors (Lipinski definition) is 0. The zero-order valence-electron chi connectivity index (χ0n) is 22.4. The van der Waals surface area contributed by atoms with Gasteiger partial charge < -0.3 is 9.32 Å². The van der Waals surface area contributed by atoms with Crippen molar-refractivity contribution in [2.45, 2.75) is 51.5 Å². The number of carbonyl (C=O) groups is 1. The second-order valence-electron chi connectivity index (χ2n) is 10.4. The second-order valence-corrected chi connectivity index (χ2v) is 13.3. The molecule has 1 aromatic carbocycles. The summed E-state index contributed by atoms with van der Waals surface area (Å²) in [5.74, 6) is 0.591. The van der Waals surface area contributed by atoms with Crippen molar-refractivity contribution >= 4 is 33.1 Å². The molecule has 2 aliphatic heterocycles. The lowest BCUT2D eigenvalue weighted by Crippen LogP contribution is -2.31. The van der Waals surface area contributed by atoms with Crippen LogP contribution in [0.2, 0.25) is 0 Å². The quantitative estimate of drug-likeness (QED) is 0.308. The lowest BCUT2D eigenvalue weighted by atomic mass is 10.0. The van der Waals surface area contributed by atoms with Crippen molar-refractivity contribution in [1.82, 2.24) is 25.1 Å². The summed E-state index contributed by atoms with van der Waals surface area (Å²) in [5, 5.41) is 11.4. The van der Waals surface area contributed by atoms with Crippen LogP contribution in [0.5, 0.6) is 0 Å². The standard InChI is InChI=1S/C28H30N6O4S2/c1-18(14-20-8-4-3-5-9-20)25-31-32-26(38-25)22-15-21(16-24(30-22)34-12-7-13-40(34,36)37)28(35)33-11-6-10-23(33)27-29-19(2)17-39-27/h3-5,8-9,15-18,23H,6-7,10-14H2,1-2H3. The van der Waals surface area contributed by atoms with E-state index in [4.69, 9.17) is 4.42 Å². The molecule has 208 valence electrons. The number of anilines is 1. The van der Waals surface area contributed by atoms with Crippen LogP contribution in [0.25, 0.3) is 11.6 Å². The first kappa shape index (κ1) is 26.6. The predicted molar refractivity (Wildman–Crippen MR) is 152 cm³/mol. The first-order valence-electron chi connectivity index (χ1n) is 13.4. The van der Waals surface area contributed by atoms with Gasteiger partial charge in [0, 0.05) is 35.6 Å². The van der Waals surface area contributed by atoms with Crippen molar-refractivity contribution in [3.8, 4) is 11.6 Å². The van der Waals surface area contributed by atoms with Crippen LogP contribution in [-0.4, -0.2) is 58.2 Å². The van der Waals surface area contributed by atoms with Gasteiger partial charge in [0.05, 0.1) is 11.8 Å². The van der Waals surface area contributed by atoms with Crippen molar-refractivity contribution in [3.63, 3.8) is 0 Å². The normalized spacial score (nSPS) is 19.3. The maximum atomic E-state index is 13.9. The third-order valence-electron chi connectivity index (χ3n) is 7.32. The minimum absolute atomic E-state index is 0.0426. The number of sulfonamides is 1. The van der Waals surface area contributed by atoms with E-state index in [9.17, 15) is 13.2 Å². The molecule has 0 N–H and O–H groups in total. The fraction of sp³-hybridized carbons (Fsp3) is 0.393. The lowest BCUT2D eigenvalue weighted by Gasteiger charge is -2.24. The molecule has 2 fully saturated rings. The molecular weight excluding hydrogens is 548 g/mol. The summed E-state index contributed by atoms with van der Waals surface area (Å²) in [6, 6.07) is 13.1. The average molecular weight is 579 g/mol. The largest absolute Gasteiger partial charge is 0.419 e. The van der Waals surface area contributed by atoms with Crippen LogP contribution >= 0.6 is 11.3 Å². The minimum atomic E-state index is -3.52. The number of nitrogens with zero attached hydrogens (tertiary/aromatic N) is 6. The number of carbonyl (C=O) groups excluding carboxylic acids is 1. The topological polar surface area (TPSA) is 122 Å². The molecular formula is C28H30N6O4S2. The molecule has 6 rings (SSSR count). The highest BCUT2D eigenvalue weighted by Gasteiger charge is 2.35. The van der Waals surface area contributed by atoms with E-state index in [-0.39, 0.29) is 41.0 Å². The number of benzene rings is 1. The Balaban J connectivity index is 1.35. The number of amides is 1. The summed E-state index contributed by atoms with van der Waals surface area (Å²) < 4.78 is 32.9. The monoisotopic (exact) mass is 578 g/mol. The summed E-state index contributed by atoms with van der Waals surface area (Å²) in [6.07, 6.45) is 2.91. The molecule has 4 aromatic rings. The third kappa shape index (κ3) is 5.25. The Morgan fingerprint density at radius 1 is 1.12 bits per heavy atom. The highest BCUT2D eigenvalue weighted by molar-refractivity contribution is 7.93.